The minimum Gasteiger partial charge on any atom is -0.394 e. The van der Waals surface area contributed by atoms with E-state index >= 15 is 9.59 Å². The lowest BCUT2D eigenvalue weighted by Crippen LogP contribution is -2.59. The standard InChI is InChI=1S/C41H47N3O5/c1-6-23-42(26-31-19-12-9-13-20-31)37(46)33-34-38(47)44(32(27-45)25-30-17-10-8-11-18-30)36(41(34)22-21-40(33,5)49-41)39(48)43(24-7-2)35-28(3)15-14-16-29(35)4/h6-20,32-34,36,45H,1-2,21-27H2,3-5H3/t32-,33+,34+,36?,40-,41?/m1/s1. The number of fused-ring (bicyclic) bond motifs is 1. The SMILES string of the molecule is C=CCN(Cc1ccccc1)C(=O)[C@@H]1[C@H]2C(=O)N([C@@H](CO)Cc3ccccc3)C(C(=O)N(CC=C)c3c(C)cccc3C)C23CC[C@@]1(C)O3. The van der Waals surface area contributed by atoms with Crippen molar-refractivity contribution in [3.05, 3.63) is 126 Å². The van der Waals surface area contributed by atoms with Crippen molar-refractivity contribution in [2.75, 3.05) is 24.6 Å². The van der Waals surface area contributed by atoms with Crippen LogP contribution in [0.5, 0.6) is 0 Å². The maximum Gasteiger partial charge on any atom is 0.253 e. The smallest absolute Gasteiger partial charge is 0.253 e. The molecule has 1 N–H and O–H groups in total. The molecule has 3 aromatic carbocycles. The van der Waals surface area contributed by atoms with Crippen LogP contribution in [0.25, 0.3) is 0 Å². The van der Waals surface area contributed by atoms with E-state index in [0.29, 0.717) is 32.4 Å². The molecule has 0 radical (unpaired) electrons. The van der Waals surface area contributed by atoms with Crippen LogP contribution in [-0.2, 0) is 32.1 Å². The summed E-state index contributed by atoms with van der Waals surface area (Å²) in [5.74, 6) is -2.54. The fourth-order valence-corrected chi connectivity index (χ4v) is 8.74. The third-order valence-corrected chi connectivity index (χ3v) is 10.8. The number of aryl methyl sites for hydroxylation is 2. The molecular weight excluding hydrogens is 614 g/mol. The van der Waals surface area contributed by atoms with Gasteiger partial charge in [0.25, 0.3) is 5.91 Å². The summed E-state index contributed by atoms with van der Waals surface area (Å²) in [6, 6.07) is 23.5. The first-order valence-electron chi connectivity index (χ1n) is 17.2. The lowest BCUT2D eigenvalue weighted by Gasteiger charge is -2.40. The molecule has 3 saturated heterocycles. The Hall–Kier alpha value is -4.53. The number of aliphatic hydroxyl groups is 1. The number of carbonyl (C=O) groups is 3. The van der Waals surface area contributed by atoms with Gasteiger partial charge in [-0.1, -0.05) is 91.0 Å². The van der Waals surface area contributed by atoms with Crippen molar-refractivity contribution in [2.45, 2.75) is 69.9 Å². The minimum atomic E-state index is -1.25. The van der Waals surface area contributed by atoms with Crippen molar-refractivity contribution in [2.24, 2.45) is 11.8 Å². The molecule has 2 unspecified atom stereocenters. The van der Waals surface area contributed by atoms with Crippen molar-refractivity contribution in [3.8, 4) is 0 Å². The maximum absolute atomic E-state index is 15.3. The normalized spacial score (nSPS) is 25.9. The van der Waals surface area contributed by atoms with Gasteiger partial charge >= 0.3 is 0 Å². The van der Waals surface area contributed by atoms with Gasteiger partial charge in [0.15, 0.2) is 0 Å². The summed E-state index contributed by atoms with van der Waals surface area (Å²) in [4.78, 5) is 50.1. The molecule has 49 heavy (non-hydrogen) atoms. The van der Waals surface area contributed by atoms with E-state index in [2.05, 4.69) is 13.2 Å². The zero-order valence-electron chi connectivity index (χ0n) is 28.8. The van der Waals surface area contributed by atoms with Gasteiger partial charge in [-0.15, -0.1) is 13.2 Å². The van der Waals surface area contributed by atoms with Gasteiger partial charge in [0.05, 0.1) is 30.1 Å². The molecule has 256 valence electrons. The van der Waals surface area contributed by atoms with Crippen LogP contribution < -0.4 is 4.90 Å². The van der Waals surface area contributed by atoms with Gasteiger partial charge in [-0.25, -0.2) is 0 Å². The third-order valence-electron chi connectivity index (χ3n) is 10.8. The molecule has 3 fully saturated rings. The summed E-state index contributed by atoms with van der Waals surface area (Å²) < 4.78 is 7.00. The fourth-order valence-electron chi connectivity index (χ4n) is 8.74. The number of ether oxygens (including phenoxy) is 1. The zero-order chi connectivity index (χ0) is 34.9. The number of rotatable bonds is 13. The zero-order valence-corrected chi connectivity index (χ0v) is 28.8. The predicted molar refractivity (Wildman–Crippen MR) is 191 cm³/mol. The van der Waals surface area contributed by atoms with Crippen LogP contribution in [0.4, 0.5) is 5.69 Å². The molecule has 8 heteroatoms. The van der Waals surface area contributed by atoms with E-state index in [4.69, 9.17) is 4.74 Å². The summed E-state index contributed by atoms with van der Waals surface area (Å²) in [6.07, 6.45) is 4.68. The minimum absolute atomic E-state index is 0.194. The summed E-state index contributed by atoms with van der Waals surface area (Å²) in [5, 5.41) is 10.9. The van der Waals surface area contributed by atoms with E-state index in [0.717, 1.165) is 27.9 Å². The summed E-state index contributed by atoms with van der Waals surface area (Å²) in [7, 11) is 0. The summed E-state index contributed by atoms with van der Waals surface area (Å²) in [5.41, 5.74) is 2.28. The first kappa shape index (κ1) is 34.3. The van der Waals surface area contributed by atoms with Gasteiger partial charge in [0, 0.05) is 25.3 Å². The molecule has 3 amide bonds. The topological polar surface area (TPSA) is 90.4 Å². The second-order valence-corrected chi connectivity index (χ2v) is 14.0. The highest BCUT2D eigenvalue weighted by Crippen LogP contribution is 2.64. The van der Waals surface area contributed by atoms with Gasteiger partial charge in [0.2, 0.25) is 11.8 Å². The van der Waals surface area contributed by atoms with Crippen LogP contribution in [0.3, 0.4) is 0 Å². The van der Waals surface area contributed by atoms with Crippen molar-refractivity contribution in [1.29, 1.82) is 0 Å². The number of aliphatic hydroxyl groups excluding tert-OH is 1. The van der Waals surface area contributed by atoms with Gasteiger partial charge in [-0.05, 0) is 62.3 Å². The van der Waals surface area contributed by atoms with Crippen LogP contribution in [0.2, 0.25) is 0 Å². The quantitative estimate of drug-likeness (QED) is 0.248. The average molecular weight is 662 g/mol. The molecule has 3 aliphatic rings. The van der Waals surface area contributed by atoms with Gasteiger partial charge < -0.3 is 24.5 Å². The molecule has 1 spiro atoms. The first-order valence-corrected chi connectivity index (χ1v) is 17.2. The molecule has 0 aromatic heterocycles. The summed E-state index contributed by atoms with van der Waals surface area (Å²) >= 11 is 0. The number of hydrogen-bond acceptors (Lipinski definition) is 5. The van der Waals surface area contributed by atoms with Crippen LogP contribution >= 0.6 is 0 Å². The number of hydrogen-bond donors (Lipinski definition) is 1. The molecule has 2 bridgehead atoms. The molecule has 3 aliphatic heterocycles. The number of benzene rings is 3. The van der Waals surface area contributed by atoms with Gasteiger partial charge in [0.1, 0.15) is 11.6 Å². The van der Waals surface area contributed by atoms with Crippen LogP contribution in [0.1, 0.15) is 42.0 Å². The van der Waals surface area contributed by atoms with E-state index < -0.39 is 35.1 Å². The molecule has 8 nitrogen and oxygen atoms in total. The van der Waals surface area contributed by atoms with Gasteiger partial charge in [-0.2, -0.15) is 0 Å². The largest absolute Gasteiger partial charge is 0.394 e. The molecule has 6 atom stereocenters. The first-order chi connectivity index (χ1) is 23.6. The predicted octanol–water partition coefficient (Wildman–Crippen LogP) is 5.41. The molecule has 3 aromatic rings. The second-order valence-electron chi connectivity index (χ2n) is 14.0. The third kappa shape index (κ3) is 5.91. The molecule has 3 heterocycles. The monoisotopic (exact) mass is 661 g/mol. The van der Waals surface area contributed by atoms with Crippen molar-refractivity contribution >= 4 is 23.4 Å². The number of anilines is 1. The number of amides is 3. The highest BCUT2D eigenvalue weighted by molar-refractivity contribution is 6.06. The Labute approximate surface area is 289 Å². The van der Waals surface area contributed by atoms with E-state index in [9.17, 15) is 9.90 Å². The van der Waals surface area contributed by atoms with Crippen molar-refractivity contribution in [1.82, 2.24) is 9.80 Å². The number of likely N-dealkylation sites (tertiary alicyclic amines) is 1. The van der Waals surface area contributed by atoms with E-state index in [1.165, 1.54) is 0 Å². The van der Waals surface area contributed by atoms with Crippen molar-refractivity contribution < 1.29 is 24.2 Å². The van der Waals surface area contributed by atoms with Crippen LogP contribution in [0, 0.1) is 25.7 Å². The number of carbonyl (C=O) groups excluding carboxylic acids is 3. The lowest BCUT2D eigenvalue weighted by molar-refractivity contribution is -0.152. The Bertz CT molecular complexity index is 1710. The van der Waals surface area contributed by atoms with E-state index in [1.807, 2.05) is 99.6 Å². The Morgan fingerprint density at radius 1 is 0.918 bits per heavy atom. The second kappa shape index (κ2) is 13.8. The maximum atomic E-state index is 15.3. The summed E-state index contributed by atoms with van der Waals surface area (Å²) in [6.45, 7) is 14.2. The van der Waals surface area contributed by atoms with Crippen LogP contribution in [-0.4, -0.2) is 75.6 Å². The Morgan fingerprint density at radius 3 is 2.12 bits per heavy atom. The lowest BCUT2D eigenvalue weighted by atomic mass is 9.66. The molecule has 6 rings (SSSR count). The number of para-hydroxylation sites is 1. The Kier molecular flexibility index (Phi) is 9.65. The van der Waals surface area contributed by atoms with Crippen molar-refractivity contribution in [3.63, 3.8) is 0 Å². The fraction of sp³-hybridized carbons (Fsp3) is 0.390. The Balaban J connectivity index is 1.47. The Morgan fingerprint density at radius 2 is 1.53 bits per heavy atom. The molecule has 0 aliphatic carbocycles. The highest BCUT2D eigenvalue weighted by Gasteiger charge is 2.79. The molecule has 0 saturated carbocycles. The van der Waals surface area contributed by atoms with Crippen LogP contribution in [0.15, 0.2) is 104 Å². The van der Waals surface area contributed by atoms with E-state index in [1.54, 1.807) is 26.9 Å². The molecular formula is C41H47N3O5. The highest BCUT2D eigenvalue weighted by atomic mass is 16.5. The van der Waals surface area contributed by atoms with E-state index in [-0.39, 0.29) is 30.9 Å². The van der Waals surface area contributed by atoms with Gasteiger partial charge in [-0.3, -0.25) is 14.4 Å². The number of nitrogens with zero attached hydrogens (tertiary/aromatic N) is 3. The average Bonchev–Trinajstić information content (AvgIpc) is 3.67.